The van der Waals surface area contributed by atoms with Crippen molar-refractivity contribution in [3.63, 3.8) is 0 Å². The van der Waals surface area contributed by atoms with E-state index in [2.05, 4.69) is 56.4 Å². The van der Waals surface area contributed by atoms with Crippen LogP contribution in [0.2, 0.25) is 0 Å². The molecule has 134 valence electrons. The lowest BCUT2D eigenvalue weighted by atomic mass is 9.95. The van der Waals surface area contributed by atoms with Crippen LogP contribution in [-0.4, -0.2) is 5.54 Å². The summed E-state index contributed by atoms with van der Waals surface area (Å²) in [6.45, 7) is 7.93. The summed E-state index contributed by atoms with van der Waals surface area (Å²) < 4.78 is 0. The van der Waals surface area contributed by atoms with E-state index in [4.69, 9.17) is 0 Å². The van der Waals surface area contributed by atoms with E-state index in [1.165, 1.54) is 69.8 Å². The van der Waals surface area contributed by atoms with Crippen molar-refractivity contribution in [2.45, 2.75) is 97.1 Å². The minimum atomic E-state index is 0. The van der Waals surface area contributed by atoms with Crippen LogP contribution in [0.5, 0.6) is 0 Å². The predicted octanol–water partition coefficient (Wildman–Crippen LogP) is 6.90. The minimum absolute atomic E-state index is 0. The SMILES string of the molecule is CCCCCCCCCCCC(C)(C)NCc1ccccc1.Cl. The zero-order valence-corrected chi connectivity index (χ0v) is 16.4. The molecule has 0 saturated carbocycles. The zero-order chi connectivity index (χ0) is 16.1. The van der Waals surface area contributed by atoms with Gasteiger partial charge in [-0.2, -0.15) is 0 Å². The molecule has 2 heteroatoms. The minimum Gasteiger partial charge on any atom is -0.308 e. The molecule has 1 aromatic rings. The van der Waals surface area contributed by atoms with E-state index in [-0.39, 0.29) is 17.9 Å². The molecule has 0 spiro atoms. The lowest BCUT2D eigenvalue weighted by Gasteiger charge is -2.26. The molecule has 0 fully saturated rings. The molecule has 0 radical (unpaired) electrons. The highest BCUT2D eigenvalue weighted by molar-refractivity contribution is 5.85. The molecular formula is C21H38ClN. The first-order chi connectivity index (χ1) is 10.6. The van der Waals surface area contributed by atoms with Crippen LogP contribution >= 0.6 is 12.4 Å². The van der Waals surface area contributed by atoms with Gasteiger partial charge in [0.1, 0.15) is 0 Å². The Morgan fingerprint density at radius 2 is 1.30 bits per heavy atom. The number of halogens is 1. The molecule has 0 amide bonds. The van der Waals surface area contributed by atoms with E-state index >= 15 is 0 Å². The van der Waals surface area contributed by atoms with Gasteiger partial charge in [0.15, 0.2) is 0 Å². The Hall–Kier alpha value is -0.530. The summed E-state index contributed by atoms with van der Waals surface area (Å²) in [6.07, 6.45) is 14.0. The van der Waals surface area contributed by atoms with Gasteiger partial charge >= 0.3 is 0 Å². The van der Waals surface area contributed by atoms with Crippen molar-refractivity contribution in [3.8, 4) is 0 Å². The average molecular weight is 340 g/mol. The van der Waals surface area contributed by atoms with Crippen molar-refractivity contribution >= 4 is 12.4 Å². The van der Waals surface area contributed by atoms with Crippen LogP contribution in [0.15, 0.2) is 30.3 Å². The lowest BCUT2D eigenvalue weighted by molar-refractivity contribution is 0.344. The molecule has 0 saturated heterocycles. The van der Waals surface area contributed by atoms with Crippen LogP contribution in [0.3, 0.4) is 0 Å². The Kier molecular flexibility index (Phi) is 13.5. The molecule has 0 aliphatic carbocycles. The number of hydrogen-bond acceptors (Lipinski definition) is 1. The number of unbranched alkanes of at least 4 members (excludes halogenated alkanes) is 8. The second-order valence-electron chi connectivity index (χ2n) is 7.30. The predicted molar refractivity (Wildman–Crippen MR) is 106 cm³/mol. The third-order valence-corrected chi connectivity index (χ3v) is 4.52. The van der Waals surface area contributed by atoms with Crippen LogP contribution in [0.4, 0.5) is 0 Å². The van der Waals surface area contributed by atoms with Crippen molar-refractivity contribution in [2.75, 3.05) is 0 Å². The van der Waals surface area contributed by atoms with Gasteiger partial charge in [-0.25, -0.2) is 0 Å². The van der Waals surface area contributed by atoms with Crippen LogP contribution in [-0.2, 0) is 6.54 Å². The van der Waals surface area contributed by atoms with Gasteiger partial charge in [0.05, 0.1) is 0 Å². The van der Waals surface area contributed by atoms with Gasteiger partial charge in [-0.3, -0.25) is 0 Å². The summed E-state index contributed by atoms with van der Waals surface area (Å²) >= 11 is 0. The Bertz CT molecular complexity index is 361. The molecule has 1 aromatic carbocycles. The van der Waals surface area contributed by atoms with Crippen LogP contribution in [0.25, 0.3) is 0 Å². The highest BCUT2D eigenvalue weighted by Crippen LogP contribution is 2.17. The Balaban J connectivity index is 0.00000484. The monoisotopic (exact) mass is 339 g/mol. The first-order valence-electron chi connectivity index (χ1n) is 9.43. The van der Waals surface area contributed by atoms with E-state index in [0.29, 0.717) is 0 Å². The second kappa shape index (κ2) is 13.9. The van der Waals surface area contributed by atoms with Gasteiger partial charge in [0, 0.05) is 12.1 Å². The summed E-state index contributed by atoms with van der Waals surface area (Å²) in [4.78, 5) is 0. The topological polar surface area (TPSA) is 12.0 Å². The first kappa shape index (κ1) is 22.5. The van der Waals surface area contributed by atoms with Gasteiger partial charge in [0.2, 0.25) is 0 Å². The van der Waals surface area contributed by atoms with Crippen molar-refractivity contribution in [1.29, 1.82) is 0 Å². The van der Waals surface area contributed by atoms with Gasteiger partial charge in [-0.05, 0) is 25.8 Å². The summed E-state index contributed by atoms with van der Waals surface area (Å²) in [6, 6.07) is 10.7. The van der Waals surface area contributed by atoms with E-state index in [1.807, 2.05) is 0 Å². The van der Waals surface area contributed by atoms with E-state index in [0.717, 1.165) is 6.54 Å². The number of nitrogens with one attached hydrogen (secondary N) is 1. The van der Waals surface area contributed by atoms with E-state index in [1.54, 1.807) is 0 Å². The van der Waals surface area contributed by atoms with Crippen molar-refractivity contribution in [2.24, 2.45) is 0 Å². The zero-order valence-electron chi connectivity index (χ0n) is 15.6. The average Bonchev–Trinajstić information content (AvgIpc) is 2.52. The third kappa shape index (κ3) is 12.5. The fourth-order valence-electron chi connectivity index (χ4n) is 2.90. The number of hydrogen-bond donors (Lipinski definition) is 1. The molecule has 0 aliphatic rings. The molecular weight excluding hydrogens is 302 g/mol. The summed E-state index contributed by atoms with van der Waals surface area (Å²) in [7, 11) is 0. The highest BCUT2D eigenvalue weighted by atomic mass is 35.5. The molecule has 0 unspecified atom stereocenters. The molecule has 0 bridgehead atoms. The Morgan fingerprint density at radius 1 is 0.783 bits per heavy atom. The van der Waals surface area contributed by atoms with Gasteiger partial charge in [-0.15, -0.1) is 12.4 Å². The largest absolute Gasteiger partial charge is 0.308 e. The Labute approximate surface area is 151 Å². The van der Waals surface area contributed by atoms with Crippen LogP contribution in [0.1, 0.15) is 90.5 Å². The lowest BCUT2D eigenvalue weighted by Crippen LogP contribution is -2.38. The maximum Gasteiger partial charge on any atom is 0.0210 e. The summed E-state index contributed by atoms with van der Waals surface area (Å²) in [5, 5.41) is 3.70. The fourth-order valence-corrected chi connectivity index (χ4v) is 2.90. The quantitative estimate of drug-likeness (QED) is 0.385. The molecule has 0 aliphatic heterocycles. The van der Waals surface area contributed by atoms with Gasteiger partial charge in [0.25, 0.3) is 0 Å². The molecule has 1 nitrogen and oxygen atoms in total. The smallest absolute Gasteiger partial charge is 0.0210 e. The normalized spacial score (nSPS) is 11.3. The van der Waals surface area contributed by atoms with Crippen molar-refractivity contribution < 1.29 is 0 Å². The maximum absolute atomic E-state index is 3.70. The van der Waals surface area contributed by atoms with E-state index < -0.39 is 0 Å². The third-order valence-electron chi connectivity index (χ3n) is 4.52. The maximum atomic E-state index is 3.70. The highest BCUT2D eigenvalue weighted by Gasteiger charge is 2.15. The molecule has 23 heavy (non-hydrogen) atoms. The fraction of sp³-hybridized carbons (Fsp3) is 0.714. The van der Waals surface area contributed by atoms with Crippen molar-refractivity contribution in [1.82, 2.24) is 5.32 Å². The molecule has 1 N–H and O–H groups in total. The molecule has 0 atom stereocenters. The van der Waals surface area contributed by atoms with Gasteiger partial charge < -0.3 is 5.32 Å². The Morgan fingerprint density at radius 3 is 1.87 bits per heavy atom. The number of rotatable bonds is 13. The standard InChI is InChI=1S/C21H37N.ClH/c1-4-5-6-7-8-9-10-11-15-18-21(2,3)22-19-20-16-13-12-14-17-20;/h12-14,16-17,22H,4-11,15,18-19H2,1-3H3;1H. The van der Waals surface area contributed by atoms with Crippen LogP contribution in [0, 0.1) is 0 Å². The van der Waals surface area contributed by atoms with Crippen molar-refractivity contribution in [3.05, 3.63) is 35.9 Å². The van der Waals surface area contributed by atoms with Crippen LogP contribution < -0.4 is 5.32 Å². The molecule has 1 rings (SSSR count). The van der Waals surface area contributed by atoms with E-state index in [9.17, 15) is 0 Å². The summed E-state index contributed by atoms with van der Waals surface area (Å²) in [5.41, 5.74) is 1.62. The summed E-state index contributed by atoms with van der Waals surface area (Å²) in [5.74, 6) is 0. The molecule has 0 aromatic heterocycles. The second-order valence-corrected chi connectivity index (χ2v) is 7.30. The van der Waals surface area contributed by atoms with Gasteiger partial charge in [-0.1, -0.05) is 95.0 Å². The number of benzene rings is 1. The molecule has 0 heterocycles. The first-order valence-corrected chi connectivity index (χ1v) is 9.43.